The minimum Gasteiger partial charge on any atom is -0.373 e. The van der Waals surface area contributed by atoms with Gasteiger partial charge in [0.25, 0.3) is 0 Å². The smallest absolute Gasteiger partial charge is 0.0753 e. The topological polar surface area (TPSA) is 24.5 Å². The molecule has 0 aromatic heterocycles. The van der Waals surface area contributed by atoms with Crippen LogP contribution in [0.2, 0.25) is 0 Å². The van der Waals surface area contributed by atoms with Crippen LogP contribution < -0.4 is 5.32 Å². The molecule has 1 rings (SSSR count). The Kier molecular flexibility index (Phi) is 4.35. The molecule has 0 amide bonds. The van der Waals surface area contributed by atoms with Crippen molar-refractivity contribution in [3.8, 4) is 0 Å². The molecule has 0 saturated carbocycles. The first-order chi connectivity index (χ1) is 6.49. The van der Waals surface area contributed by atoms with Gasteiger partial charge in [-0.2, -0.15) is 0 Å². The van der Waals surface area contributed by atoms with Gasteiger partial charge in [-0.3, -0.25) is 4.90 Å². The second-order valence-electron chi connectivity index (χ2n) is 4.99. The summed E-state index contributed by atoms with van der Waals surface area (Å²) in [5.74, 6) is 0. The summed E-state index contributed by atoms with van der Waals surface area (Å²) in [6.07, 6.45) is 0. The first kappa shape index (κ1) is 12.0. The molecule has 0 spiro atoms. The lowest BCUT2D eigenvalue weighted by atomic mass is 10.1. The molecule has 0 aromatic rings. The number of morpholine rings is 1. The molecule has 1 heterocycles. The zero-order chi connectivity index (χ0) is 10.6. The Balaban J connectivity index is 2.18. The fraction of sp³-hybridized carbons (Fsp3) is 1.00. The van der Waals surface area contributed by atoms with Crippen LogP contribution in [0.15, 0.2) is 0 Å². The molecule has 1 N–H and O–H groups in total. The second kappa shape index (κ2) is 5.10. The van der Waals surface area contributed by atoms with Gasteiger partial charge in [-0.05, 0) is 13.8 Å². The van der Waals surface area contributed by atoms with Crippen LogP contribution in [0.5, 0.6) is 0 Å². The van der Waals surface area contributed by atoms with Crippen molar-refractivity contribution in [1.82, 2.24) is 10.2 Å². The minimum absolute atomic E-state index is 0.0378. The maximum atomic E-state index is 5.66. The molecule has 14 heavy (non-hydrogen) atoms. The van der Waals surface area contributed by atoms with Crippen LogP contribution in [0.1, 0.15) is 27.7 Å². The van der Waals surface area contributed by atoms with Crippen molar-refractivity contribution in [2.75, 3.05) is 32.8 Å². The van der Waals surface area contributed by atoms with Gasteiger partial charge < -0.3 is 10.1 Å². The van der Waals surface area contributed by atoms with Crippen LogP contribution in [0.25, 0.3) is 0 Å². The lowest BCUT2D eigenvalue weighted by Gasteiger charge is -2.38. The standard InChI is InChI=1S/C11H24N2O/c1-10(2)12-5-6-13-7-8-14-11(3,4)9-13/h10,12H,5-9H2,1-4H3. The Bertz CT molecular complexity index is 169. The predicted molar refractivity (Wildman–Crippen MR) is 59.6 cm³/mol. The fourth-order valence-corrected chi connectivity index (χ4v) is 1.82. The summed E-state index contributed by atoms with van der Waals surface area (Å²) < 4.78 is 5.66. The lowest BCUT2D eigenvalue weighted by molar-refractivity contribution is -0.0854. The summed E-state index contributed by atoms with van der Waals surface area (Å²) in [6.45, 7) is 13.9. The Hall–Kier alpha value is -0.120. The van der Waals surface area contributed by atoms with Crippen LogP contribution >= 0.6 is 0 Å². The van der Waals surface area contributed by atoms with Crippen molar-refractivity contribution < 1.29 is 4.74 Å². The molecule has 84 valence electrons. The van der Waals surface area contributed by atoms with E-state index in [4.69, 9.17) is 4.74 Å². The molecule has 1 saturated heterocycles. The van der Waals surface area contributed by atoms with Gasteiger partial charge in [0.2, 0.25) is 0 Å². The van der Waals surface area contributed by atoms with E-state index in [0.717, 1.165) is 32.8 Å². The molecule has 0 bridgehead atoms. The molecular formula is C11H24N2O. The average Bonchev–Trinajstić information content (AvgIpc) is 2.01. The van der Waals surface area contributed by atoms with Gasteiger partial charge in [-0.25, -0.2) is 0 Å². The quantitative estimate of drug-likeness (QED) is 0.735. The van der Waals surface area contributed by atoms with Gasteiger partial charge in [0.1, 0.15) is 0 Å². The maximum Gasteiger partial charge on any atom is 0.0753 e. The molecule has 0 aromatic carbocycles. The molecule has 0 aliphatic carbocycles. The number of rotatable bonds is 4. The van der Waals surface area contributed by atoms with Gasteiger partial charge in [0.15, 0.2) is 0 Å². The SMILES string of the molecule is CC(C)NCCN1CCOC(C)(C)C1. The number of hydrogen-bond donors (Lipinski definition) is 1. The van der Waals surface area contributed by atoms with Crippen LogP contribution in [0.3, 0.4) is 0 Å². The van der Waals surface area contributed by atoms with Crippen molar-refractivity contribution in [1.29, 1.82) is 0 Å². The Morgan fingerprint density at radius 2 is 2.14 bits per heavy atom. The summed E-state index contributed by atoms with van der Waals surface area (Å²) in [7, 11) is 0. The van der Waals surface area contributed by atoms with E-state index in [9.17, 15) is 0 Å². The molecule has 0 radical (unpaired) electrons. The summed E-state index contributed by atoms with van der Waals surface area (Å²) in [4.78, 5) is 2.47. The highest BCUT2D eigenvalue weighted by Gasteiger charge is 2.26. The van der Waals surface area contributed by atoms with Crippen molar-refractivity contribution in [3.05, 3.63) is 0 Å². The molecule has 3 heteroatoms. The fourth-order valence-electron chi connectivity index (χ4n) is 1.82. The second-order valence-corrected chi connectivity index (χ2v) is 4.99. The third-order valence-corrected chi connectivity index (χ3v) is 2.49. The van der Waals surface area contributed by atoms with E-state index in [1.54, 1.807) is 0 Å². The van der Waals surface area contributed by atoms with E-state index < -0.39 is 0 Å². The van der Waals surface area contributed by atoms with Crippen molar-refractivity contribution in [3.63, 3.8) is 0 Å². The number of ether oxygens (including phenoxy) is 1. The monoisotopic (exact) mass is 200 g/mol. The summed E-state index contributed by atoms with van der Waals surface area (Å²) in [5.41, 5.74) is 0.0378. The van der Waals surface area contributed by atoms with E-state index >= 15 is 0 Å². The summed E-state index contributed by atoms with van der Waals surface area (Å²) in [5, 5.41) is 3.44. The molecule has 1 aliphatic rings. The molecule has 1 aliphatic heterocycles. The minimum atomic E-state index is 0.0378. The highest BCUT2D eigenvalue weighted by molar-refractivity contribution is 4.79. The first-order valence-electron chi connectivity index (χ1n) is 5.59. The highest BCUT2D eigenvalue weighted by Crippen LogP contribution is 2.15. The summed E-state index contributed by atoms with van der Waals surface area (Å²) >= 11 is 0. The van der Waals surface area contributed by atoms with E-state index in [1.165, 1.54) is 0 Å². The molecular weight excluding hydrogens is 176 g/mol. The van der Waals surface area contributed by atoms with E-state index in [2.05, 4.69) is 37.9 Å². The van der Waals surface area contributed by atoms with Gasteiger partial charge in [-0.1, -0.05) is 13.8 Å². The molecule has 0 atom stereocenters. The summed E-state index contributed by atoms with van der Waals surface area (Å²) in [6, 6.07) is 0.587. The Morgan fingerprint density at radius 1 is 1.43 bits per heavy atom. The third kappa shape index (κ3) is 4.40. The molecule has 3 nitrogen and oxygen atoms in total. The largest absolute Gasteiger partial charge is 0.373 e. The third-order valence-electron chi connectivity index (χ3n) is 2.49. The van der Waals surface area contributed by atoms with Gasteiger partial charge >= 0.3 is 0 Å². The lowest BCUT2D eigenvalue weighted by Crippen LogP contribution is -2.50. The van der Waals surface area contributed by atoms with Crippen molar-refractivity contribution >= 4 is 0 Å². The first-order valence-corrected chi connectivity index (χ1v) is 5.59. The zero-order valence-electron chi connectivity index (χ0n) is 9.97. The normalized spacial score (nSPS) is 22.9. The van der Waals surface area contributed by atoms with Gasteiger partial charge in [0, 0.05) is 32.2 Å². The van der Waals surface area contributed by atoms with Crippen LogP contribution in [0, 0.1) is 0 Å². The predicted octanol–water partition coefficient (Wildman–Crippen LogP) is 1.10. The van der Waals surface area contributed by atoms with Gasteiger partial charge in [0.05, 0.1) is 12.2 Å². The van der Waals surface area contributed by atoms with E-state index in [1.807, 2.05) is 0 Å². The van der Waals surface area contributed by atoms with Gasteiger partial charge in [-0.15, -0.1) is 0 Å². The zero-order valence-corrected chi connectivity index (χ0v) is 9.97. The van der Waals surface area contributed by atoms with E-state index in [-0.39, 0.29) is 5.60 Å². The van der Waals surface area contributed by atoms with Crippen LogP contribution in [-0.2, 0) is 4.74 Å². The van der Waals surface area contributed by atoms with Crippen molar-refractivity contribution in [2.45, 2.75) is 39.3 Å². The number of nitrogens with zero attached hydrogens (tertiary/aromatic N) is 1. The van der Waals surface area contributed by atoms with Crippen molar-refractivity contribution in [2.24, 2.45) is 0 Å². The average molecular weight is 200 g/mol. The molecule has 1 fully saturated rings. The highest BCUT2D eigenvalue weighted by atomic mass is 16.5. The van der Waals surface area contributed by atoms with E-state index in [0.29, 0.717) is 6.04 Å². The van der Waals surface area contributed by atoms with Crippen LogP contribution in [0.4, 0.5) is 0 Å². The Morgan fingerprint density at radius 3 is 2.71 bits per heavy atom. The molecule has 0 unspecified atom stereocenters. The van der Waals surface area contributed by atoms with Crippen LogP contribution in [-0.4, -0.2) is 49.3 Å². The number of hydrogen-bond acceptors (Lipinski definition) is 3. The maximum absolute atomic E-state index is 5.66. The number of nitrogens with one attached hydrogen (secondary N) is 1. The Labute approximate surface area is 87.8 Å².